The molecule has 1 aliphatic heterocycles. The summed E-state index contributed by atoms with van der Waals surface area (Å²) in [6.45, 7) is 10.4. The normalized spacial score (nSPS) is 14.7. The zero-order valence-electron chi connectivity index (χ0n) is 22.6. The summed E-state index contributed by atoms with van der Waals surface area (Å²) in [7, 11) is 0. The first-order valence-electron chi connectivity index (χ1n) is 13.2. The van der Waals surface area contributed by atoms with E-state index in [2.05, 4.69) is 4.90 Å². The second kappa shape index (κ2) is 11.8. The van der Waals surface area contributed by atoms with E-state index in [1.165, 1.54) is 6.07 Å². The van der Waals surface area contributed by atoms with Gasteiger partial charge in [0, 0.05) is 42.5 Å². The monoisotopic (exact) mass is 520 g/mol. The lowest BCUT2D eigenvalue weighted by Gasteiger charge is -2.40. The Morgan fingerprint density at radius 2 is 1.66 bits per heavy atom. The molecule has 0 aliphatic carbocycles. The molecule has 38 heavy (non-hydrogen) atoms. The van der Waals surface area contributed by atoms with Gasteiger partial charge in [0.15, 0.2) is 5.82 Å². The van der Waals surface area contributed by atoms with Crippen LogP contribution in [-0.2, 0) is 6.54 Å². The van der Waals surface area contributed by atoms with Gasteiger partial charge in [0.1, 0.15) is 5.76 Å². The maximum absolute atomic E-state index is 15.6. The Kier molecular flexibility index (Phi) is 8.52. The van der Waals surface area contributed by atoms with Gasteiger partial charge in [-0.2, -0.15) is 0 Å². The molecule has 7 nitrogen and oxygen atoms in total. The topological polar surface area (TPSA) is 83.0 Å². The van der Waals surface area contributed by atoms with E-state index >= 15 is 4.39 Å². The summed E-state index contributed by atoms with van der Waals surface area (Å²) in [6, 6.07) is 16.0. The Balaban J connectivity index is 1.64. The number of hydrogen-bond donors (Lipinski definition) is 1. The third-order valence-electron chi connectivity index (χ3n) is 7.12. The Hall–Kier alpha value is -3.65. The zero-order valence-corrected chi connectivity index (χ0v) is 22.6. The minimum Gasteiger partial charge on any atom is -0.468 e. The van der Waals surface area contributed by atoms with Crippen molar-refractivity contribution in [3.8, 4) is 0 Å². The average molecular weight is 521 g/mol. The van der Waals surface area contributed by atoms with Gasteiger partial charge in [0.05, 0.1) is 24.1 Å². The van der Waals surface area contributed by atoms with E-state index in [1.54, 1.807) is 30.5 Å². The summed E-state index contributed by atoms with van der Waals surface area (Å²) in [5.74, 6) is -0.566. The van der Waals surface area contributed by atoms with E-state index in [1.807, 2.05) is 61.8 Å². The summed E-state index contributed by atoms with van der Waals surface area (Å²) in [4.78, 5) is 31.2. The second-order valence-corrected chi connectivity index (χ2v) is 10.4. The second-order valence-electron chi connectivity index (χ2n) is 10.4. The molecule has 0 unspecified atom stereocenters. The molecule has 1 aliphatic rings. The minimum absolute atomic E-state index is 0.00939. The quantitative estimate of drug-likeness (QED) is 0.398. The molecule has 0 radical (unpaired) electrons. The van der Waals surface area contributed by atoms with E-state index < -0.39 is 11.7 Å². The molecule has 0 saturated carbocycles. The Morgan fingerprint density at radius 1 is 1.00 bits per heavy atom. The van der Waals surface area contributed by atoms with Gasteiger partial charge in [-0.25, -0.2) is 4.39 Å². The highest BCUT2D eigenvalue weighted by molar-refractivity contribution is 5.96. The van der Waals surface area contributed by atoms with Crippen LogP contribution in [0, 0.1) is 5.82 Å². The van der Waals surface area contributed by atoms with Crippen LogP contribution in [0.2, 0.25) is 0 Å². The van der Waals surface area contributed by atoms with Crippen molar-refractivity contribution in [2.45, 2.75) is 65.2 Å². The van der Waals surface area contributed by atoms with Crippen molar-refractivity contribution in [1.82, 2.24) is 9.80 Å². The lowest BCUT2D eigenvalue weighted by molar-refractivity contribution is 0.0643. The van der Waals surface area contributed by atoms with Crippen molar-refractivity contribution in [3.63, 3.8) is 0 Å². The lowest BCUT2D eigenvalue weighted by atomic mass is 9.99. The molecule has 202 valence electrons. The van der Waals surface area contributed by atoms with Crippen LogP contribution in [0.1, 0.15) is 67.0 Å². The van der Waals surface area contributed by atoms with Crippen LogP contribution < -0.4 is 10.6 Å². The van der Waals surface area contributed by atoms with Gasteiger partial charge < -0.3 is 20.0 Å². The predicted molar refractivity (Wildman–Crippen MR) is 147 cm³/mol. The Labute approximate surface area is 224 Å². The molecule has 0 spiro atoms. The fourth-order valence-corrected chi connectivity index (χ4v) is 5.38. The number of primary amides is 1. The number of anilines is 2. The van der Waals surface area contributed by atoms with Gasteiger partial charge in [-0.15, -0.1) is 0 Å². The number of rotatable bonds is 9. The molecule has 1 fully saturated rings. The van der Waals surface area contributed by atoms with Crippen molar-refractivity contribution >= 4 is 23.2 Å². The molecule has 1 saturated heterocycles. The molecule has 2 N–H and O–H groups in total. The SMILES string of the molecule is CC(C)N(C(=O)c1ccc(N(c2cccc(C(N)=O)c2F)C2CCN(Cc3ccco3)CC2)cc1)C(C)C. The number of carbonyl (C=O) groups is 2. The number of amides is 2. The summed E-state index contributed by atoms with van der Waals surface area (Å²) in [6.07, 6.45) is 3.25. The largest absolute Gasteiger partial charge is 0.468 e. The zero-order chi connectivity index (χ0) is 27.4. The summed E-state index contributed by atoms with van der Waals surface area (Å²) in [5, 5.41) is 0. The molecular weight excluding hydrogens is 483 g/mol. The number of likely N-dealkylation sites (tertiary alicyclic amines) is 1. The van der Waals surface area contributed by atoms with Crippen LogP contribution in [0.3, 0.4) is 0 Å². The van der Waals surface area contributed by atoms with Gasteiger partial charge in [0.25, 0.3) is 11.8 Å². The van der Waals surface area contributed by atoms with Crippen molar-refractivity contribution in [3.05, 3.63) is 83.6 Å². The predicted octanol–water partition coefficient (Wildman–Crippen LogP) is 5.58. The average Bonchev–Trinajstić information content (AvgIpc) is 3.39. The van der Waals surface area contributed by atoms with E-state index in [0.29, 0.717) is 11.3 Å². The smallest absolute Gasteiger partial charge is 0.254 e. The number of halogens is 1. The molecule has 0 bridgehead atoms. The van der Waals surface area contributed by atoms with Crippen LogP contribution in [0.25, 0.3) is 0 Å². The first-order chi connectivity index (χ1) is 18.2. The number of piperidine rings is 1. The van der Waals surface area contributed by atoms with Crippen molar-refractivity contribution in [2.75, 3.05) is 18.0 Å². The highest BCUT2D eigenvalue weighted by Crippen LogP contribution is 2.35. The van der Waals surface area contributed by atoms with Gasteiger partial charge in [-0.3, -0.25) is 14.5 Å². The molecular formula is C30H37FN4O3. The maximum atomic E-state index is 15.6. The highest BCUT2D eigenvalue weighted by atomic mass is 19.1. The molecule has 8 heteroatoms. The number of hydrogen-bond acceptors (Lipinski definition) is 5. The minimum atomic E-state index is -0.805. The maximum Gasteiger partial charge on any atom is 0.254 e. The number of benzene rings is 2. The van der Waals surface area contributed by atoms with E-state index in [4.69, 9.17) is 10.2 Å². The number of furan rings is 1. The third-order valence-corrected chi connectivity index (χ3v) is 7.12. The standard InChI is InChI=1S/C30H37FN4O3/c1-20(2)34(21(3)4)30(37)22-10-12-23(13-11-22)35(27-9-5-8-26(28(27)31)29(32)36)24-14-16-33(17-15-24)19-25-7-6-18-38-25/h5-13,18,20-21,24H,14-17,19H2,1-4H3,(H2,32,36). The molecule has 2 heterocycles. The van der Waals surface area contributed by atoms with E-state index in [-0.39, 0.29) is 29.6 Å². The number of nitrogens with two attached hydrogens (primary N) is 1. The first kappa shape index (κ1) is 27.4. The fourth-order valence-electron chi connectivity index (χ4n) is 5.38. The first-order valence-corrected chi connectivity index (χ1v) is 13.2. The van der Waals surface area contributed by atoms with E-state index in [0.717, 1.165) is 43.9 Å². The summed E-state index contributed by atoms with van der Waals surface area (Å²) < 4.78 is 21.1. The molecule has 4 rings (SSSR count). The molecule has 3 aromatic rings. The number of nitrogens with zero attached hydrogens (tertiary/aromatic N) is 3. The molecule has 0 atom stereocenters. The number of carbonyl (C=O) groups excluding carboxylic acids is 2. The molecule has 2 amide bonds. The van der Waals surface area contributed by atoms with Crippen LogP contribution in [0.5, 0.6) is 0 Å². The van der Waals surface area contributed by atoms with Gasteiger partial charge >= 0.3 is 0 Å². The van der Waals surface area contributed by atoms with Gasteiger partial charge in [0.2, 0.25) is 0 Å². The highest BCUT2D eigenvalue weighted by Gasteiger charge is 2.30. The molecule has 2 aromatic carbocycles. The van der Waals surface area contributed by atoms with Crippen molar-refractivity contribution < 1.29 is 18.4 Å². The Morgan fingerprint density at radius 3 is 2.21 bits per heavy atom. The fraction of sp³-hybridized carbons (Fsp3) is 0.400. The van der Waals surface area contributed by atoms with Gasteiger partial charge in [-0.05, 0) is 89.1 Å². The summed E-state index contributed by atoms with van der Waals surface area (Å²) in [5.41, 5.74) is 6.96. The van der Waals surface area contributed by atoms with Crippen LogP contribution in [0.4, 0.5) is 15.8 Å². The van der Waals surface area contributed by atoms with Crippen molar-refractivity contribution in [1.29, 1.82) is 0 Å². The lowest BCUT2D eigenvalue weighted by Crippen LogP contribution is -2.43. The Bertz CT molecular complexity index is 1220. The molecule has 1 aromatic heterocycles. The van der Waals surface area contributed by atoms with Crippen molar-refractivity contribution in [2.24, 2.45) is 5.73 Å². The summed E-state index contributed by atoms with van der Waals surface area (Å²) >= 11 is 0. The van der Waals surface area contributed by atoms with E-state index in [9.17, 15) is 9.59 Å². The van der Waals surface area contributed by atoms with Crippen LogP contribution in [-0.4, -0.2) is 52.8 Å². The van der Waals surface area contributed by atoms with Gasteiger partial charge in [-0.1, -0.05) is 6.07 Å². The van der Waals surface area contributed by atoms with Crippen LogP contribution >= 0.6 is 0 Å². The van der Waals surface area contributed by atoms with Crippen LogP contribution in [0.15, 0.2) is 65.3 Å². The third kappa shape index (κ3) is 5.91.